The Bertz CT molecular complexity index is 1270. The molecule has 32 heavy (non-hydrogen) atoms. The average Bonchev–Trinajstić information content (AvgIpc) is 2.82. The van der Waals surface area contributed by atoms with Crippen molar-refractivity contribution in [2.24, 2.45) is 0 Å². The van der Waals surface area contributed by atoms with Gasteiger partial charge in [0.25, 0.3) is 11.6 Å². The van der Waals surface area contributed by atoms with Crippen LogP contribution in [0.25, 0.3) is 10.8 Å². The van der Waals surface area contributed by atoms with Gasteiger partial charge in [-0.3, -0.25) is 14.9 Å². The minimum atomic E-state index is -0.826. The monoisotopic (exact) mass is 428 g/mol. The van der Waals surface area contributed by atoms with Crippen molar-refractivity contribution < 1.29 is 19.6 Å². The highest BCUT2D eigenvalue weighted by Crippen LogP contribution is 2.36. The van der Waals surface area contributed by atoms with Gasteiger partial charge in [-0.15, -0.1) is 0 Å². The van der Waals surface area contributed by atoms with Gasteiger partial charge in [0.05, 0.1) is 11.0 Å². The van der Waals surface area contributed by atoms with Gasteiger partial charge in [-0.05, 0) is 34.5 Å². The number of benzene rings is 4. The Balaban J connectivity index is 1.73. The molecule has 0 aliphatic carbocycles. The van der Waals surface area contributed by atoms with E-state index in [0.29, 0.717) is 16.9 Å². The van der Waals surface area contributed by atoms with E-state index < -0.39 is 16.9 Å². The van der Waals surface area contributed by atoms with Gasteiger partial charge in [0.2, 0.25) is 0 Å². The van der Waals surface area contributed by atoms with Crippen molar-refractivity contribution in [3.05, 3.63) is 112 Å². The predicted molar refractivity (Wildman–Crippen MR) is 121 cm³/mol. The summed E-state index contributed by atoms with van der Waals surface area (Å²) in [6, 6.07) is 24.8. The molecule has 4 aromatic carbocycles. The maximum absolute atomic E-state index is 12.8. The number of ether oxygens (including phenoxy) is 1. The zero-order valence-corrected chi connectivity index (χ0v) is 17.0. The van der Waals surface area contributed by atoms with E-state index in [0.717, 1.165) is 10.8 Å². The number of fused-ring (bicyclic) bond motifs is 1. The van der Waals surface area contributed by atoms with E-state index in [9.17, 15) is 20.0 Å². The van der Waals surface area contributed by atoms with Crippen LogP contribution in [-0.2, 0) is 4.79 Å². The summed E-state index contributed by atoms with van der Waals surface area (Å²) in [5.41, 5.74) is 0.817. The number of para-hydroxylation sites is 1. The van der Waals surface area contributed by atoms with Gasteiger partial charge in [-0.25, -0.2) is 0 Å². The maximum atomic E-state index is 12.8. The zero-order chi connectivity index (χ0) is 22.5. The average molecular weight is 428 g/mol. The number of nitrogens with zero attached hydrogens (tertiary/aromatic N) is 1. The Morgan fingerprint density at radius 2 is 1.72 bits per heavy atom. The molecule has 0 heterocycles. The Hall–Kier alpha value is -4.39. The smallest absolute Gasteiger partial charge is 0.269 e. The summed E-state index contributed by atoms with van der Waals surface area (Å²) >= 11 is 0. The molecule has 4 rings (SSSR count). The summed E-state index contributed by atoms with van der Waals surface area (Å²) in [5.74, 6) is 0.0877. The summed E-state index contributed by atoms with van der Waals surface area (Å²) in [5, 5.41) is 26.5. The topological polar surface area (TPSA) is 102 Å². The van der Waals surface area contributed by atoms with E-state index in [1.807, 2.05) is 30.3 Å². The van der Waals surface area contributed by atoms with E-state index in [-0.39, 0.29) is 18.0 Å². The molecule has 4 aromatic rings. The van der Waals surface area contributed by atoms with Gasteiger partial charge in [-0.2, -0.15) is 0 Å². The molecular weight excluding hydrogens is 408 g/mol. The predicted octanol–water partition coefficient (Wildman–Crippen LogP) is 4.74. The number of carbonyl (C=O) groups excluding carboxylic acids is 1. The molecular formula is C25H20N2O5. The minimum Gasteiger partial charge on any atom is -0.508 e. The number of rotatable bonds is 7. The van der Waals surface area contributed by atoms with E-state index in [1.165, 1.54) is 12.1 Å². The molecule has 0 aliphatic rings. The third kappa shape index (κ3) is 4.52. The van der Waals surface area contributed by atoms with Gasteiger partial charge in [0.1, 0.15) is 11.5 Å². The highest BCUT2D eigenvalue weighted by atomic mass is 16.6. The molecule has 7 heteroatoms. The van der Waals surface area contributed by atoms with Crippen LogP contribution in [0.5, 0.6) is 11.5 Å². The molecule has 0 saturated carbocycles. The molecule has 0 aliphatic heterocycles. The molecule has 1 atom stereocenters. The quantitative estimate of drug-likeness (QED) is 0.327. The third-order valence-corrected chi connectivity index (χ3v) is 5.07. The maximum Gasteiger partial charge on any atom is 0.269 e. The number of hydrogen-bond donors (Lipinski definition) is 2. The molecule has 0 spiro atoms. The lowest BCUT2D eigenvalue weighted by Gasteiger charge is -2.22. The van der Waals surface area contributed by atoms with Crippen LogP contribution in [0.4, 0.5) is 5.69 Å². The highest BCUT2D eigenvalue weighted by Gasteiger charge is 2.24. The Morgan fingerprint density at radius 1 is 0.969 bits per heavy atom. The molecule has 1 amide bonds. The second-order valence-corrected chi connectivity index (χ2v) is 7.17. The van der Waals surface area contributed by atoms with Gasteiger partial charge in [-0.1, -0.05) is 60.7 Å². The summed E-state index contributed by atoms with van der Waals surface area (Å²) < 4.78 is 5.54. The fraction of sp³-hybridized carbons (Fsp3) is 0.0800. The first-order chi connectivity index (χ1) is 15.5. The summed E-state index contributed by atoms with van der Waals surface area (Å²) in [4.78, 5) is 23.6. The number of non-ortho nitro benzene ring substituents is 1. The summed E-state index contributed by atoms with van der Waals surface area (Å²) in [7, 11) is 0. The number of phenols is 1. The Kier molecular flexibility index (Phi) is 5.98. The molecule has 160 valence electrons. The van der Waals surface area contributed by atoms with E-state index in [2.05, 4.69) is 5.32 Å². The number of nitro groups is 1. The van der Waals surface area contributed by atoms with Crippen LogP contribution >= 0.6 is 0 Å². The number of phenolic OH excluding ortho intramolecular Hbond substituents is 1. The SMILES string of the molecule is O=C(COc1ccccc1)N[C@@H](c1cccc([N+](=O)[O-])c1)c1c(O)ccc2ccccc12. The van der Waals surface area contributed by atoms with Crippen LogP contribution in [0.3, 0.4) is 0 Å². The first-order valence-corrected chi connectivity index (χ1v) is 9.95. The molecule has 2 N–H and O–H groups in total. The van der Waals surface area contributed by atoms with Crippen LogP contribution < -0.4 is 10.1 Å². The standard InChI is InChI=1S/C25H20N2O5/c28-22-14-13-17-7-4-5-12-21(17)24(22)25(18-8-6-9-19(15-18)27(30)31)26-23(29)16-32-20-10-2-1-3-11-20/h1-15,25,28H,16H2,(H,26,29)/t25-/m0/s1. The zero-order valence-electron chi connectivity index (χ0n) is 17.0. The number of nitro benzene ring substituents is 1. The lowest BCUT2D eigenvalue weighted by molar-refractivity contribution is -0.384. The van der Waals surface area contributed by atoms with Crippen molar-refractivity contribution in [3.8, 4) is 11.5 Å². The van der Waals surface area contributed by atoms with Gasteiger partial charge >= 0.3 is 0 Å². The Labute approximate surface area is 184 Å². The molecule has 0 unspecified atom stereocenters. The summed E-state index contributed by atoms with van der Waals surface area (Å²) in [6.07, 6.45) is 0. The van der Waals surface area contributed by atoms with Crippen LogP contribution in [0.2, 0.25) is 0 Å². The first-order valence-electron chi connectivity index (χ1n) is 9.95. The molecule has 0 saturated heterocycles. The van der Waals surface area contributed by atoms with Crippen molar-refractivity contribution in [2.75, 3.05) is 6.61 Å². The minimum absolute atomic E-state index is 0.0236. The first kappa shape index (κ1) is 20.9. The lowest BCUT2D eigenvalue weighted by Crippen LogP contribution is -2.33. The molecule has 0 radical (unpaired) electrons. The number of amides is 1. The summed E-state index contributed by atoms with van der Waals surface area (Å²) in [6.45, 7) is -0.249. The molecule has 0 fully saturated rings. The van der Waals surface area contributed by atoms with Gasteiger partial charge in [0, 0.05) is 17.7 Å². The van der Waals surface area contributed by atoms with E-state index in [4.69, 9.17) is 4.74 Å². The van der Waals surface area contributed by atoms with Gasteiger partial charge in [0.15, 0.2) is 6.61 Å². The van der Waals surface area contributed by atoms with E-state index >= 15 is 0 Å². The van der Waals surface area contributed by atoms with Crippen molar-refractivity contribution in [1.29, 1.82) is 0 Å². The second kappa shape index (κ2) is 9.18. The lowest BCUT2D eigenvalue weighted by atomic mass is 9.92. The van der Waals surface area contributed by atoms with Gasteiger partial charge < -0.3 is 15.2 Å². The molecule has 0 bridgehead atoms. The van der Waals surface area contributed by atoms with E-state index in [1.54, 1.807) is 48.5 Å². The largest absolute Gasteiger partial charge is 0.508 e. The fourth-order valence-corrected chi connectivity index (χ4v) is 3.60. The van der Waals surface area contributed by atoms with Crippen molar-refractivity contribution in [1.82, 2.24) is 5.32 Å². The molecule has 7 nitrogen and oxygen atoms in total. The number of hydrogen-bond acceptors (Lipinski definition) is 5. The van der Waals surface area contributed by atoms with Crippen LogP contribution in [-0.4, -0.2) is 22.5 Å². The van der Waals surface area contributed by atoms with Crippen LogP contribution in [0, 0.1) is 10.1 Å². The fourth-order valence-electron chi connectivity index (χ4n) is 3.60. The van der Waals surface area contributed by atoms with Crippen LogP contribution in [0.15, 0.2) is 91.0 Å². The molecule has 0 aromatic heterocycles. The third-order valence-electron chi connectivity index (χ3n) is 5.07. The normalized spacial score (nSPS) is 11.6. The van der Waals surface area contributed by atoms with Crippen LogP contribution in [0.1, 0.15) is 17.2 Å². The number of aromatic hydroxyl groups is 1. The number of nitrogens with one attached hydrogen (secondary N) is 1. The van der Waals surface area contributed by atoms with Crippen molar-refractivity contribution >= 4 is 22.4 Å². The Morgan fingerprint density at radius 3 is 2.50 bits per heavy atom. The second-order valence-electron chi connectivity index (χ2n) is 7.17. The highest BCUT2D eigenvalue weighted by molar-refractivity contribution is 5.89. The van der Waals surface area contributed by atoms with Crippen molar-refractivity contribution in [2.45, 2.75) is 6.04 Å². The van der Waals surface area contributed by atoms with Crippen molar-refractivity contribution in [3.63, 3.8) is 0 Å². The number of carbonyl (C=O) groups is 1.